The zero-order chi connectivity index (χ0) is 39.5. The predicted octanol–water partition coefficient (Wildman–Crippen LogP) is 13.5. The molecule has 10 radical (unpaired) electrons. The van der Waals surface area contributed by atoms with Gasteiger partial charge in [0.2, 0.25) is 0 Å². The van der Waals surface area contributed by atoms with Crippen LogP contribution in [0.3, 0.4) is 0 Å². The third-order valence-electron chi connectivity index (χ3n) is 10.2. The van der Waals surface area contributed by atoms with Gasteiger partial charge in [-0.1, -0.05) is 53.4 Å². The van der Waals surface area contributed by atoms with E-state index < -0.39 is 73.4 Å². The number of rotatable bonds is 7. The fourth-order valence-corrected chi connectivity index (χ4v) is 14.8. The van der Waals surface area contributed by atoms with Gasteiger partial charge in [0, 0.05) is 22.7 Å². The first-order chi connectivity index (χ1) is 25.2. The molecule has 0 amide bonds. The Balaban J connectivity index is 0.00000104. The predicted molar refractivity (Wildman–Crippen MR) is 190 cm³/mol. The number of hydrogen-bond donors (Lipinski definition) is 0. The largest absolute Gasteiger partial charge is 0.416 e. The van der Waals surface area contributed by atoms with Crippen molar-refractivity contribution in [3.05, 3.63) is 122 Å². The third-order valence-corrected chi connectivity index (χ3v) is 16.5. The summed E-state index contributed by atoms with van der Waals surface area (Å²) in [5, 5.41) is -1.27. The molecule has 0 spiro atoms. The molecule has 55 heavy (non-hydrogen) atoms. The van der Waals surface area contributed by atoms with Crippen LogP contribution >= 0.6 is 15.8 Å². The van der Waals surface area contributed by atoms with E-state index in [0.29, 0.717) is 41.5 Å². The maximum absolute atomic E-state index is 14.1. The molecule has 1 atom stereocenters. The Labute approximate surface area is 329 Å². The van der Waals surface area contributed by atoms with E-state index in [1.165, 1.54) is 6.42 Å². The van der Waals surface area contributed by atoms with Crippen molar-refractivity contribution in [2.45, 2.75) is 113 Å². The van der Waals surface area contributed by atoms with Gasteiger partial charge < -0.3 is 0 Å². The minimum atomic E-state index is -5.28. The van der Waals surface area contributed by atoms with Gasteiger partial charge >= 0.3 is 24.7 Å². The van der Waals surface area contributed by atoms with Crippen LogP contribution in [0.25, 0.3) is 0 Å². The van der Waals surface area contributed by atoms with E-state index in [0.717, 1.165) is 64.2 Å². The van der Waals surface area contributed by atoms with Gasteiger partial charge in [-0.3, -0.25) is 0 Å². The van der Waals surface area contributed by atoms with E-state index in [2.05, 4.69) is 0 Å². The molecule has 4 aliphatic carbocycles. The molecule has 0 N–H and O–H groups in total. The van der Waals surface area contributed by atoms with Gasteiger partial charge in [-0.15, -0.1) is 0 Å². The Hall–Kier alpha value is -1.02. The summed E-state index contributed by atoms with van der Waals surface area (Å²) in [4.78, 5) is 0. The van der Waals surface area contributed by atoms with Gasteiger partial charge in [-0.05, 0) is 155 Å². The summed E-state index contributed by atoms with van der Waals surface area (Å²) >= 11 is 0. The normalized spacial score (nSPS) is 20.8. The Morgan fingerprint density at radius 3 is 1.11 bits per heavy atom. The first kappa shape index (κ1) is 46.7. The summed E-state index contributed by atoms with van der Waals surface area (Å²) in [6.45, 7) is 1.96. The van der Waals surface area contributed by atoms with Crippen LogP contribution in [0, 0.1) is 62.9 Å². The summed E-state index contributed by atoms with van der Waals surface area (Å²) in [6, 6.07) is 1.54. The van der Waals surface area contributed by atoms with Gasteiger partial charge in [0.15, 0.2) is 0 Å². The molecule has 4 fully saturated rings. The SMILES string of the molecule is C[C@@H]([C]1[CH][CH][CH][C]1P(c1cc(C(F)(F)F)cc(C(F)(F)F)c1)c1cc(C(F)(F)F)cc(C(F)(F)F)c1)P(C1CCCCC1)C1CCCCC1.[CH]1[CH][CH][CH][CH]1.[Fe]. The molecule has 2 aromatic rings. The zero-order valence-corrected chi connectivity index (χ0v) is 32.6. The van der Waals surface area contributed by atoms with Gasteiger partial charge in [-0.25, -0.2) is 0 Å². The second-order valence-electron chi connectivity index (χ2n) is 13.9. The Bertz CT molecular complexity index is 1340. The number of alkyl halides is 12. The molecule has 2 aromatic carbocycles. The molecule has 0 nitrogen and oxygen atoms in total. The Morgan fingerprint density at radius 1 is 0.473 bits per heavy atom. The average Bonchev–Trinajstić information content (AvgIpc) is 3.84. The first-order valence-electron chi connectivity index (χ1n) is 17.8. The van der Waals surface area contributed by atoms with E-state index >= 15 is 0 Å². The van der Waals surface area contributed by atoms with Gasteiger partial charge in [0.05, 0.1) is 22.3 Å². The minimum Gasteiger partial charge on any atom is -0.166 e. The molecular formula is C40H40F12FeP2. The van der Waals surface area contributed by atoms with Crippen LogP contribution in [0.1, 0.15) is 93.4 Å². The zero-order valence-electron chi connectivity index (χ0n) is 29.7. The minimum absolute atomic E-state index is 0. The first-order valence-corrected chi connectivity index (χ1v) is 20.7. The third kappa shape index (κ3) is 12.3. The number of benzene rings is 2. The summed E-state index contributed by atoms with van der Waals surface area (Å²) < 4.78 is 169. The maximum Gasteiger partial charge on any atom is 0.416 e. The fraction of sp³-hybridized carbons (Fsp3) is 0.450. The van der Waals surface area contributed by atoms with Crippen molar-refractivity contribution in [2.24, 2.45) is 0 Å². The molecule has 0 bridgehead atoms. The molecule has 4 aliphatic rings. The molecule has 6 rings (SSSR count). The Morgan fingerprint density at radius 2 is 0.800 bits per heavy atom. The van der Waals surface area contributed by atoms with Gasteiger partial charge in [0.25, 0.3) is 0 Å². The molecule has 15 heteroatoms. The van der Waals surface area contributed by atoms with Crippen LogP contribution in [0.2, 0.25) is 0 Å². The van der Waals surface area contributed by atoms with Crippen molar-refractivity contribution in [3.8, 4) is 0 Å². The molecule has 4 saturated carbocycles. The van der Waals surface area contributed by atoms with E-state index in [1.807, 2.05) is 39.0 Å². The second-order valence-corrected chi connectivity index (χ2v) is 19.2. The van der Waals surface area contributed by atoms with Crippen LogP contribution < -0.4 is 10.6 Å². The number of hydrogen-bond acceptors (Lipinski definition) is 0. The molecule has 0 saturated heterocycles. The maximum atomic E-state index is 14.1. The summed E-state index contributed by atoms with van der Waals surface area (Å²) in [7, 11) is -3.56. The number of halogens is 12. The van der Waals surface area contributed by atoms with Crippen molar-refractivity contribution < 1.29 is 69.8 Å². The molecule has 0 aliphatic heterocycles. The molecule has 0 unspecified atom stereocenters. The van der Waals surface area contributed by atoms with E-state index in [4.69, 9.17) is 0 Å². The molecule has 0 aromatic heterocycles. The van der Waals surface area contributed by atoms with E-state index in [-0.39, 0.29) is 40.5 Å². The quantitative estimate of drug-likeness (QED) is 0.148. The van der Waals surface area contributed by atoms with Crippen molar-refractivity contribution in [1.29, 1.82) is 0 Å². The summed E-state index contributed by atoms with van der Waals surface area (Å²) in [5.74, 6) is 0.560. The van der Waals surface area contributed by atoms with Crippen LogP contribution in [0.4, 0.5) is 52.7 Å². The van der Waals surface area contributed by atoms with Crippen molar-refractivity contribution in [2.75, 3.05) is 0 Å². The standard InChI is InChI=1S/C35H35F12P2.C5H5.Fe/c1-21(48(26-9-4-2-5-10-26)27-11-6-3-7-12-27)30-13-8-14-31(30)49(28-17-22(32(36,37)38)15-23(18-28)33(39,40)41)29-19-24(34(42,43)44)16-25(20-29)35(45,46)47;1-2-4-5-3-1;/h8,13-21,26-27H,2-7,9-12H2,1H3;1-5H;/t21-;;/m0../s1. The van der Waals surface area contributed by atoms with Crippen LogP contribution in [-0.2, 0) is 41.8 Å². The van der Waals surface area contributed by atoms with E-state index in [9.17, 15) is 52.7 Å². The molecular weight excluding hydrogens is 826 g/mol. The smallest absolute Gasteiger partial charge is 0.166 e. The summed E-state index contributed by atoms with van der Waals surface area (Å²) in [6.07, 6.45) is 3.73. The Kier molecular flexibility index (Phi) is 16.4. The van der Waals surface area contributed by atoms with Gasteiger partial charge in [-0.2, -0.15) is 52.7 Å². The van der Waals surface area contributed by atoms with E-state index in [1.54, 1.807) is 12.8 Å². The van der Waals surface area contributed by atoms with Crippen molar-refractivity contribution >= 4 is 26.5 Å². The molecule has 302 valence electrons. The second kappa shape index (κ2) is 19.4. The van der Waals surface area contributed by atoms with Crippen LogP contribution in [-0.4, -0.2) is 17.0 Å². The molecule has 0 heterocycles. The van der Waals surface area contributed by atoms with Crippen molar-refractivity contribution in [1.82, 2.24) is 0 Å². The monoisotopic (exact) mass is 866 g/mol. The van der Waals surface area contributed by atoms with Gasteiger partial charge in [0.1, 0.15) is 0 Å². The van der Waals surface area contributed by atoms with Crippen LogP contribution in [0.15, 0.2) is 36.4 Å². The average molecular weight is 867 g/mol. The van der Waals surface area contributed by atoms with Crippen LogP contribution in [0.5, 0.6) is 0 Å². The van der Waals surface area contributed by atoms with Crippen molar-refractivity contribution in [3.63, 3.8) is 0 Å². The summed E-state index contributed by atoms with van der Waals surface area (Å²) in [5.41, 5.74) is -6.14. The fourth-order valence-electron chi connectivity index (χ4n) is 7.71. The topological polar surface area (TPSA) is 0 Å².